The normalized spacial score (nSPS) is 16.8. The quantitative estimate of drug-likeness (QED) is 0.604. The molecule has 1 aliphatic carbocycles. The number of nitrogens with one attached hydrogen (secondary N) is 1. The van der Waals surface area contributed by atoms with E-state index in [1.54, 1.807) is 10.4 Å². The molecule has 16 heavy (non-hydrogen) atoms. The van der Waals surface area contributed by atoms with Gasteiger partial charge in [0.15, 0.2) is 0 Å². The van der Waals surface area contributed by atoms with Gasteiger partial charge in [-0.2, -0.15) is 0 Å². The molecule has 1 aromatic heterocycles. The van der Waals surface area contributed by atoms with Crippen LogP contribution in [0.4, 0.5) is 0 Å². The van der Waals surface area contributed by atoms with E-state index in [-0.39, 0.29) is 0 Å². The highest BCUT2D eigenvalue weighted by molar-refractivity contribution is 7.12. The van der Waals surface area contributed by atoms with Crippen molar-refractivity contribution < 1.29 is 0 Å². The number of hydrogen-bond acceptors (Lipinski definition) is 2. The van der Waals surface area contributed by atoms with Gasteiger partial charge in [-0.15, -0.1) is 17.9 Å². The summed E-state index contributed by atoms with van der Waals surface area (Å²) in [6.07, 6.45) is 8.38. The number of hydrogen-bond donors (Lipinski definition) is 1. The SMILES string of the molecule is C=CCCNC(C)c1cc2c(s1)CCCC2. The van der Waals surface area contributed by atoms with Crippen molar-refractivity contribution >= 4 is 11.3 Å². The maximum absolute atomic E-state index is 3.75. The van der Waals surface area contributed by atoms with Gasteiger partial charge in [0, 0.05) is 15.8 Å². The Labute approximate surface area is 103 Å². The van der Waals surface area contributed by atoms with Gasteiger partial charge in [-0.25, -0.2) is 0 Å². The summed E-state index contributed by atoms with van der Waals surface area (Å²) < 4.78 is 0. The van der Waals surface area contributed by atoms with E-state index in [1.807, 2.05) is 17.4 Å². The summed E-state index contributed by atoms with van der Waals surface area (Å²) in [6.45, 7) is 7.05. The van der Waals surface area contributed by atoms with Crippen molar-refractivity contribution in [3.05, 3.63) is 34.0 Å². The zero-order valence-electron chi connectivity index (χ0n) is 10.1. The van der Waals surface area contributed by atoms with Gasteiger partial charge in [-0.1, -0.05) is 6.08 Å². The van der Waals surface area contributed by atoms with Crippen molar-refractivity contribution in [2.24, 2.45) is 0 Å². The molecule has 2 heteroatoms. The zero-order valence-corrected chi connectivity index (χ0v) is 10.9. The molecule has 0 aromatic carbocycles. The van der Waals surface area contributed by atoms with Crippen LogP contribution in [0, 0.1) is 0 Å². The average molecular weight is 235 g/mol. The summed E-state index contributed by atoms with van der Waals surface area (Å²) in [4.78, 5) is 3.15. The monoisotopic (exact) mass is 235 g/mol. The van der Waals surface area contributed by atoms with Gasteiger partial charge >= 0.3 is 0 Å². The molecule has 1 heterocycles. The Hall–Kier alpha value is -0.600. The minimum atomic E-state index is 0.496. The molecule has 88 valence electrons. The molecule has 0 aliphatic heterocycles. The maximum Gasteiger partial charge on any atom is 0.0386 e. The number of thiophene rings is 1. The molecule has 0 saturated carbocycles. The lowest BCUT2D eigenvalue weighted by Gasteiger charge is -2.10. The van der Waals surface area contributed by atoms with Crippen molar-refractivity contribution in [2.45, 2.75) is 45.1 Å². The Bertz CT molecular complexity index is 330. The first kappa shape index (κ1) is 11.9. The minimum Gasteiger partial charge on any atom is -0.309 e. The molecule has 1 atom stereocenters. The molecule has 0 spiro atoms. The fourth-order valence-corrected chi connectivity index (χ4v) is 3.51. The van der Waals surface area contributed by atoms with Crippen LogP contribution in [0.1, 0.15) is 47.5 Å². The van der Waals surface area contributed by atoms with Crippen molar-refractivity contribution in [3.63, 3.8) is 0 Å². The number of fused-ring (bicyclic) bond motifs is 1. The number of aryl methyl sites for hydroxylation is 2. The molecule has 0 bridgehead atoms. The summed E-state index contributed by atoms with van der Waals surface area (Å²) in [5.74, 6) is 0. The fraction of sp³-hybridized carbons (Fsp3) is 0.571. The molecule has 0 saturated heterocycles. The second kappa shape index (κ2) is 5.65. The third-order valence-corrected chi connectivity index (χ3v) is 4.66. The largest absolute Gasteiger partial charge is 0.309 e. The molecular weight excluding hydrogens is 214 g/mol. The van der Waals surface area contributed by atoms with E-state index in [1.165, 1.54) is 30.6 Å². The van der Waals surface area contributed by atoms with Crippen LogP contribution in [0.5, 0.6) is 0 Å². The maximum atomic E-state index is 3.75. The molecule has 0 radical (unpaired) electrons. The van der Waals surface area contributed by atoms with E-state index in [2.05, 4.69) is 24.9 Å². The lowest BCUT2D eigenvalue weighted by molar-refractivity contribution is 0.589. The van der Waals surface area contributed by atoms with Crippen LogP contribution in [-0.4, -0.2) is 6.54 Å². The first-order valence-corrected chi connectivity index (χ1v) is 7.08. The standard InChI is InChI=1S/C14H21NS/c1-3-4-9-15-11(2)14-10-12-7-5-6-8-13(12)16-14/h3,10-11,15H,1,4-9H2,2H3. The van der Waals surface area contributed by atoms with E-state index < -0.39 is 0 Å². The van der Waals surface area contributed by atoms with E-state index in [9.17, 15) is 0 Å². The number of rotatable bonds is 5. The van der Waals surface area contributed by atoms with Gasteiger partial charge in [0.2, 0.25) is 0 Å². The highest BCUT2D eigenvalue weighted by atomic mass is 32.1. The molecule has 1 aliphatic rings. The van der Waals surface area contributed by atoms with Crippen LogP contribution in [0.2, 0.25) is 0 Å². The van der Waals surface area contributed by atoms with E-state index in [0.717, 1.165) is 13.0 Å². The summed E-state index contributed by atoms with van der Waals surface area (Å²) in [5, 5.41) is 3.55. The Kier molecular flexibility index (Phi) is 4.19. The van der Waals surface area contributed by atoms with Gasteiger partial charge < -0.3 is 5.32 Å². The first-order chi connectivity index (χ1) is 7.81. The Morgan fingerprint density at radius 2 is 2.31 bits per heavy atom. The second-order valence-corrected chi connectivity index (χ2v) is 5.73. The van der Waals surface area contributed by atoms with Crippen molar-refractivity contribution in [3.8, 4) is 0 Å². The van der Waals surface area contributed by atoms with Gasteiger partial charge in [-0.3, -0.25) is 0 Å². The molecule has 0 amide bonds. The minimum absolute atomic E-state index is 0.496. The second-order valence-electron chi connectivity index (χ2n) is 4.56. The third-order valence-electron chi connectivity index (χ3n) is 3.24. The molecule has 1 nitrogen and oxygen atoms in total. The topological polar surface area (TPSA) is 12.0 Å². The van der Waals surface area contributed by atoms with Crippen molar-refractivity contribution in [2.75, 3.05) is 6.54 Å². The van der Waals surface area contributed by atoms with Crippen LogP contribution in [0.25, 0.3) is 0 Å². The lowest BCUT2D eigenvalue weighted by atomic mass is 9.99. The highest BCUT2D eigenvalue weighted by Crippen LogP contribution is 2.32. The fourth-order valence-electron chi connectivity index (χ4n) is 2.23. The molecule has 1 unspecified atom stereocenters. The zero-order chi connectivity index (χ0) is 11.4. The summed E-state index contributed by atoms with van der Waals surface area (Å²) >= 11 is 2.01. The van der Waals surface area contributed by atoms with Crippen LogP contribution in [0.3, 0.4) is 0 Å². The highest BCUT2D eigenvalue weighted by Gasteiger charge is 2.15. The lowest BCUT2D eigenvalue weighted by Crippen LogP contribution is -2.18. The summed E-state index contributed by atoms with van der Waals surface area (Å²) in [7, 11) is 0. The van der Waals surface area contributed by atoms with Crippen molar-refractivity contribution in [1.29, 1.82) is 0 Å². The third kappa shape index (κ3) is 2.74. The van der Waals surface area contributed by atoms with Gasteiger partial charge in [-0.05, 0) is 57.2 Å². The predicted octanol–water partition coefficient (Wildman–Crippen LogP) is 3.85. The Morgan fingerprint density at radius 1 is 1.50 bits per heavy atom. The van der Waals surface area contributed by atoms with Crippen LogP contribution < -0.4 is 5.32 Å². The van der Waals surface area contributed by atoms with Crippen LogP contribution in [-0.2, 0) is 12.8 Å². The van der Waals surface area contributed by atoms with E-state index >= 15 is 0 Å². The molecule has 2 rings (SSSR count). The predicted molar refractivity (Wildman–Crippen MR) is 72.2 cm³/mol. The smallest absolute Gasteiger partial charge is 0.0386 e. The molecule has 1 aromatic rings. The van der Waals surface area contributed by atoms with Crippen LogP contribution >= 0.6 is 11.3 Å². The summed E-state index contributed by atoms with van der Waals surface area (Å²) in [5.41, 5.74) is 1.61. The molecular formula is C14H21NS. The van der Waals surface area contributed by atoms with E-state index in [4.69, 9.17) is 0 Å². The average Bonchev–Trinajstić information content (AvgIpc) is 2.73. The van der Waals surface area contributed by atoms with Gasteiger partial charge in [0.25, 0.3) is 0 Å². The molecule has 1 N–H and O–H groups in total. The van der Waals surface area contributed by atoms with E-state index in [0.29, 0.717) is 6.04 Å². The van der Waals surface area contributed by atoms with Gasteiger partial charge in [0.1, 0.15) is 0 Å². The first-order valence-electron chi connectivity index (χ1n) is 6.27. The summed E-state index contributed by atoms with van der Waals surface area (Å²) in [6, 6.07) is 2.92. The Morgan fingerprint density at radius 3 is 3.06 bits per heavy atom. The van der Waals surface area contributed by atoms with Crippen molar-refractivity contribution in [1.82, 2.24) is 5.32 Å². The van der Waals surface area contributed by atoms with Gasteiger partial charge in [0.05, 0.1) is 0 Å². The molecule has 0 fully saturated rings. The Balaban J connectivity index is 1.97. The van der Waals surface area contributed by atoms with Crippen LogP contribution in [0.15, 0.2) is 18.7 Å².